The lowest BCUT2D eigenvalue weighted by Crippen LogP contribution is -2.22. The Morgan fingerprint density at radius 2 is 1.54 bits per heavy atom. The molecule has 80 valence electrons. The first kappa shape index (κ1) is 12.6. The lowest BCUT2D eigenvalue weighted by atomic mass is 10.00. The highest BCUT2D eigenvalue weighted by Gasteiger charge is 2.31. The molecule has 0 aliphatic heterocycles. The van der Waals surface area contributed by atoms with E-state index in [1.54, 1.807) is 0 Å². The molecule has 0 N–H and O–H groups in total. The van der Waals surface area contributed by atoms with Gasteiger partial charge >= 0.3 is 6.18 Å². The fraction of sp³-hybridized carbons (Fsp3) is 1.00. The van der Waals surface area contributed by atoms with E-state index in [4.69, 9.17) is 0 Å². The third kappa shape index (κ3) is 5.76. The standard InChI is InChI=1S/C7H10F6/c8-3-5(6(10)4-9)1-2-7(11,12)13/h5-6H,1-4H2. The Kier molecular flexibility index (Phi) is 5.17. The van der Waals surface area contributed by atoms with Gasteiger partial charge in [0.05, 0.1) is 6.67 Å². The van der Waals surface area contributed by atoms with E-state index in [0.29, 0.717) is 0 Å². The summed E-state index contributed by atoms with van der Waals surface area (Å²) < 4.78 is 70.6. The Hall–Kier alpha value is -0.420. The number of hydrogen-bond acceptors (Lipinski definition) is 0. The minimum absolute atomic E-state index is 0.703. The minimum Gasteiger partial charge on any atom is -0.251 e. The van der Waals surface area contributed by atoms with Crippen molar-refractivity contribution >= 4 is 0 Å². The molecule has 0 aromatic rings. The molecule has 0 nitrogen and oxygen atoms in total. The highest BCUT2D eigenvalue weighted by atomic mass is 19.4. The largest absolute Gasteiger partial charge is 0.389 e. The molecule has 0 bridgehead atoms. The van der Waals surface area contributed by atoms with Crippen LogP contribution >= 0.6 is 0 Å². The summed E-state index contributed by atoms with van der Waals surface area (Å²) in [5, 5.41) is 0. The second-order valence-electron chi connectivity index (χ2n) is 2.74. The first-order chi connectivity index (χ1) is 5.90. The maximum absolute atomic E-state index is 12.4. The van der Waals surface area contributed by atoms with E-state index in [2.05, 4.69) is 0 Å². The van der Waals surface area contributed by atoms with Gasteiger partial charge in [-0.3, -0.25) is 4.39 Å². The predicted octanol–water partition coefficient (Wildman–Crippen LogP) is 3.22. The van der Waals surface area contributed by atoms with Crippen molar-refractivity contribution in [1.82, 2.24) is 0 Å². The normalized spacial score (nSPS) is 17.1. The zero-order chi connectivity index (χ0) is 10.5. The van der Waals surface area contributed by atoms with Crippen LogP contribution < -0.4 is 0 Å². The fourth-order valence-electron chi connectivity index (χ4n) is 0.830. The molecule has 0 rings (SSSR count). The van der Waals surface area contributed by atoms with Crippen LogP contribution in [0.2, 0.25) is 0 Å². The van der Waals surface area contributed by atoms with Crippen LogP contribution in [0.15, 0.2) is 0 Å². The van der Waals surface area contributed by atoms with Gasteiger partial charge in [0, 0.05) is 12.3 Å². The number of halogens is 6. The lowest BCUT2D eigenvalue weighted by Gasteiger charge is -2.16. The SMILES string of the molecule is FCC(F)C(CF)CCC(F)(F)F. The summed E-state index contributed by atoms with van der Waals surface area (Å²) >= 11 is 0. The van der Waals surface area contributed by atoms with Gasteiger partial charge < -0.3 is 0 Å². The van der Waals surface area contributed by atoms with Crippen molar-refractivity contribution in [3.05, 3.63) is 0 Å². The molecule has 6 heteroatoms. The van der Waals surface area contributed by atoms with Gasteiger partial charge in [-0.2, -0.15) is 13.2 Å². The summed E-state index contributed by atoms with van der Waals surface area (Å²) in [4.78, 5) is 0. The maximum atomic E-state index is 12.4. The van der Waals surface area contributed by atoms with Crippen LogP contribution in [0.5, 0.6) is 0 Å². The molecule has 0 saturated heterocycles. The highest BCUT2D eigenvalue weighted by molar-refractivity contribution is 4.69. The third-order valence-corrected chi connectivity index (χ3v) is 1.66. The molecule has 13 heavy (non-hydrogen) atoms. The third-order valence-electron chi connectivity index (χ3n) is 1.66. The van der Waals surface area contributed by atoms with Gasteiger partial charge in [-0.1, -0.05) is 0 Å². The van der Waals surface area contributed by atoms with Crippen LogP contribution in [-0.2, 0) is 0 Å². The molecule has 0 aromatic heterocycles. The molecule has 0 amide bonds. The predicted molar refractivity (Wildman–Crippen MR) is 35.6 cm³/mol. The van der Waals surface area contributed by atoms with E-state index in [1.807, 2.05) is 0 Å². The van der Waals surface area contributed by atoms with Gasteiger partial charge in [0.25, 0.3) is 0 Å². The zero-order valence-electron chi connectivity index (χ0n) is 6.75. The van der Waals surface area contributed by atoms with Crippen LogP contribution in [0.1, 0.15) is 12.8 Å². The van der Waals surface area contributed by atoms with Crippen molar-refractivity contribution in [1.29, 1.82) is 0 Å². The second-order valence-corrected chi connectivity index (χ2v) is 2.74. The van der Waals surface area contributed by atoms with Gasteiger partial charge in [-0.05, 0) is 6.42 Å². The van der Waals surface area contributed by atoms with Crippen LogP contribution in [0, 0.1) is 5.92 Å². The van der Waals surface area contributed by atoms with Crippen LogP contribution in [0.25, 0.3) is 0 Å². The summed E-state index contributed by atoms with van der Waals surface area (Å²) in [6.07, 6.45) is -8.55. The van der Waals surface area contributed by atoms with E-state index in [9.17, 15) is 26.3 Å². The van der Waals surface area contributed by atoms with E-state index in [0.717, 1.165) is 0 Å². The molecule has 2 atom stereocenters. The topological polar surface area (TPSA) is 0 Å². The number of alkyl halides is 6. The van der Waals surface area contributed by atoms with Gasteiger partial charge in [-0.25, -0.2) is 8.78 Å². The summed E-state index contributed by atoms with van der Waals surface area (Å²) in [6.45, 7) is -2.70. The number of hydrogen-bond donors (Lipinski definition) is 0. The molecule has 2 unspecified atom stereocenters. The average molecular weight is 208 g/mol. The Labute approximate surface area is 71.9 Å². The molecule has 0 heterocycles. The van der Waals surface area contributed by atoms with Gasteiger partial charge in [0.15, 0.2) is 0 Å². The molecule has 0 spiro atoms. The monoisotopic (exact) mass is 208 g/mol. The Balaban J connectivity index is 3.85. The first-order valence-corrected chi connectivity index (χ1v) is 3.73. The number of rotatable bonds is 5. The average Bonchev–Trinajstić information content (AvgIpc) is 2.03. The van der Waals surface area contributed by atoms with Crippen molar-refractivity contribution in [3.63, 3.8) is 0 Å². The van der Waals surface area contributed by atoms with Crippen LogP contribution in [0.3, 0.4) is 0 Å². The molecular formula is C7H10F6. The van der Waals surface area contributed by atoms with Crippen LogP contribution in [0.4, 0.5) is 26.3 Å². The Morgan fingerprint density at radius 3 is 1.85 bits per heavy atom. The molecular weight excluding hydrogens is 198 g/mol. The highest BCUT2D eigenvalue weighted by Crippen LogP contribution is 2.26. The van der Waals surface area contributed by atoms with E-state index in [1.165, 1.54) is 0 Å². The maximum Gasteiger partial charge on any atom is 0.389 e. The Morgan fingerprint density at radius 1 is 1.00 bits per heavy atom. The summed E-state index contributed by atoms with van der Waals surface area (Å²) in [6, 6.07) is 0. The minimum atomic E-state index is -4.44. The van der Waals surface area contributed by atoms with Gasteiger partial charge in [-0.15, -0.1) is 0 Å². The molecule has 0 aromatic carbocycles. The fourth-order valence-corrected chi connectivity index (χ4v) is 0.830. The summed E-state index contributed by atoms with van der Waals surface area (Å²) in [5.41, 5.74) is 0. The van der Waals surface area contributed by atoms with Crippen molar-refractivity contribution in [3.8, 4) is 0 Å². The molecule has 0 saturated carbocycles. The zero-order valence-corrected chi connectivity index (χ0v) is 6.75. The van der Waals surface area contributed by atoms with Crippen molar-refractivity contribution < 1.29 is 26.3 Å². The molecule has 0 aliphatic rings. The van der Waals surface area contributed by atoms with Crippen molar-refractivity contribution in [2.75, 3.05) is 13.3 Å². The van der Waals surface area contributed by atoms with E-state index < -0.39 is 44.5 Å². The summed E-state index contributed by atoms with van der Waals surface area (Å²) in [5.74, 6) is -1.48. The lowest BCUT2D eigenvalue weighted by molar-refractivity contribution is -0.139. The first-order valence-electron chi connectivity index (χ1n) is 3.73. The van der Waals surface area contributed by atoms with Crippen molar-refractivity contribution in [2.24, 2.45) is 5.92 Å². The summed E-state index contributed by atoms with van der Waals surface area (Å²) in [7, 11) is 0. The van der Waals surface area contributed by atoms with Gasteiger partial charge in [0.2, 0.25) is 0 Å². The smallest absolute Gasteiger partial charge is 0.251 e. The molecule has 0 radical (unpaired) electrons. The quantitative estimate of drug-likeness (QED) is 0.608. The Bertz CT molecular complexity index is 131. The van der Waals surface area contributed by atoms with E-state index in [-0.39, 0.29) is 0 Å². The van der Waals surface area contributed by atoms with Crippen LogP contribution in [-0.4, -0.2) is 25.7 Å². The molecule has 0 fully saturated rings. The van der Waals surface area contributed by atoms with E-state index >= 15 is 0 Å². The second kappa shape index (κ2) is 5.34. The van der Waals surface area contributed by atoms with Gasteiger partial charge in [0.1, 0.15) is 12.8 Å². The molecule has 0 aliphatic carbocycles. The van der Waals surface area contributed by atoms with Crippen molar-refractivity contribution in [2.45, 2.75) is 25.2 Å².